The van der Waals surface area contributed by atoms with E-state index in [9.17, 15) is 18.8 Å². The molecule has 1 amide bonds. The van der Waals surface area contributed by atoms with E-state index in [0.29, 0.717) is 11.1 Å². The Morgan fingerprint density at radius 3 is 2.53 bits per heavy atom. The molecule has 30 heavy (non-hydrogen) atoms. The van der Waals surface area contributed by atoms with Gasteiger partial charge in [0.15, 0.2) is 0 Å². The molecule has 1 aromatic heterocycles. The summed E-state index contributed by atoms with van der Waals surface area (Å²) < 4.78 is 24.5. The second-order valence-corrected chi connectivity index (χ2v) is 6.90. The third-order valence-corrected chi connectivity index (χ3v) is 4.49. The summed E-state index contributed by atoms with van der Waals surface area (Å²) in [6.45, 7) is -0.538. The lowest BCUT2D eigenvalue weighted by Crippen LogP contribution is -2.34. The Labute approximate surface area is 170 Å². The zero-order chi connectivity index (χ0) is 21.1. The number of ether oxygens (including phenoxy) is 1. The van der Waals surface area contributed by atoms with Crippen molar-refractivity contribution >= 4 is 11.9 Å². The number of carbonyl (C=O) groups excluding carboxylic acids is 2. The molecule has 1 atom stereocenters. The van der Waals surface area contributed by atoms with Crippen LogP contribution in [0.2, 0.25) is 0 Å². The number of aromatic nitrogens is 2. The highest BCUT2D eigenvalue weighted by Gasteiger charge is 2.31. The average molecular weight is 411 g/mol. The number of nitrogens with zero attached hydrogens (tertiary/aromatic N) is 2. The molecule has 0 spiro atoms. The van der Waals surface area contributed by atoms with Gasteiger partial charge in [-0.25, -0.2) is 9.18 Å². The van der Waals surface area contributed by atoms with E-state index < -0.39 is 36.1 Å². The summed E-state index contributed by atoms with van der Waals surface area (Å²) >= 11 is 0. The van der Waals surface area contributed by atoms with Crippen LogP contribution in [0.15, 0.2) is 63.8 Å². The number of hydrogen-bond donors (Lipinski definition) is 1. The number of benzene rings is 2. The van der Waals surface area contributed by atoms with Crippen molar-refractivity contribution in [2.75, 3.05) is 0 Å². The first-order chi connectivity index (χ1) is 14.5. The van der Waals surface area contributed by atoms with Gasteiger partial charge >= 0.3 is 11.7 Å². The molecule has 4 rings (SSSR count). The quantitative estimate of drug-likeness (QED) is 0.598. The molecule has 1 saturated carbocycles. The molecule has 1 fully saturated rings. The predicted molar refractivity (Wildman–Crippen MR) is 103 cm³/mol. The highest BCUT2D eigenvalue weighted by molar-refractivity contribution is 5.85. The molecule has 0 saturated heterocycles. The summed E-state index contributed by atoms with van der Waals surface area (Å²) in [6, 6.07) is 13.9. The van der Waals surface area contributed by atoms with Crippen LogP contribution in [-0.4, -0.2) is 27.7 Å². The Morgan fingerprint density at radius 2 is 1.87 bits per heavy atom. The molecule has 3 aromatic rings. The van der Waals surface area contributed by atoms with Crippen LogP contribution in [0.1, 0.15) is 24.5 Å². The predicted octanol–water partition coefficient (Wildman–Crippen LogP) is 2.21. The molecule has 9 heteroatoms. The first kappa shape index (κ1) is 19.6. The maximum Gasteiger partial charge on any atom is 0.437 e. The SMILES string of the molecule is O=C(Cn1nc(-c2ccccc2)oc1=O)OC(C(=O)NC1CC1)c1ccc(F)cc1. The fourth-order valence-corrected chi connectivity index (χ4v) is 2.81. The molecule has 1 unspecified atom stereocenters. The lowest BCUT2D eigenvalue weighted by molar-refractivity contribution is -0.157. The Kier molecular flexibility index (Phi) is 5.42. The third kappa shape index (κ3) is 4.62. The zero-order valence-electron chi connectivity index (χ0n) is 15.8. The Bertz CT molecular complexity index is 1100. The first-order valence-electron chi connectivity index (χ1n) is 9.38. The number of hydrogen-bond acceptors (Lipinski definition) is 6. The molecule has 1 heterocycles. The molecule has 1 aliphatic rings. The van der Waals surface area contributed by atoms with Gasteiger partial charge < -0.3 is 14.5 Å². The Morgan fingerprint density at radius 1 is 1.17 bits per heavy atom. The lowest BCUT2D eigenvalue weighted by Gasteiger charge is -2.17. The van der Waals surface area contributed by atoms with Gasteiger partial charge in [-0.3, -0.25) is 9.59 Å². The van der Waals surface area contributed by atoms with Crippen molar-refractivity contribution in [1.29, 1.82) is 0 Å². The van der Waals surface area contributed by atoms with E-state index in [0.717, 1.165) is 17.5 Å². The smallest absolute Gasteiger partial charge is 0.437 e. The standard InChI is InChI=1S/C21H18FN3O5/c22-15-8-6-13(7-9-15)18(19(27)23-16-10-11-16)29-17(26)12-25-21(28)30-20(24-25)14-4-2-1-3-5-14/h1-9,16,18H,10-12H2,(H,23,27). The second kappa shape index (κ2) is 8.32. The summed E-state index contributed by atoms with van der Waals surface area (Å²) in [5, 5.41) is 6.76. The summed E-state index contributed by atoms with van der Waals surface area (Å²) in [5.41, 5.74) is 0.898. The van der Waals surface area contributed by atoms with Crippen molar-refractivity contribution in [2.24, 2.45) is 0 Å². The summed E-state index contributed by atoms with van der Waals surface area (Å²) in [5.74, 6) is -2.60. The molecule has 1 N–H and O–H groups in total. The van der Waals surface area contributed by atoms with Gasteiger partial charge in [-0.15, -0.1) is 5.10 Å². The third-order valence-electron chi connectivity index (χ3n) is 4.49. The highest BCUT2D eigenvalue weighted by atomic mass is 19.1. The van der Waals surface area contributed by atoms with Crippen LogP contribution in [0, 0.1) is 5.82 Å². The number of nitrogens with one attached hydrogen (secondary N) is 1. The van der Waals surface area contributed by atoms with Crippen LogP contribution in [0.5, 0.6) is 0 Å². The van der Waals surface area contributed by atoms with Crippen LogP contribution in [0.25, 0.3) is 11.5 Å². The minimum absolute atomic E-state index is 0.0470. The minimum Gasteiger partial charge on any atom is -0.446 e. The largest absolute Gasteiger partial charge is 0.446 e. The molecule has 154 valence electrons. The van der Waals surface area contributed by atoms with Gasteiger partial charge in [-0.2, -0.15) is 4.68 Å². The van der Waals surface area contributed by atoms with E-state index in [2.05, 4.69) is 10.4 Å². The van der Waals surface area contributed by atoms with Gasteiger partial charge in [0.05, 0.1) is 0 Å². The summed E-state index contributed by atoms with van der Waals surface area (Å²) in [6.07, 6.45) is 0.439. The number of carbonyl (C=O) groups is 2. The number of amides is 1. The van der Waals surface area contributed by atoms with E-state index >= 15 is 0 Å². The van der Waals surface area contributed by atoms with Crippen molar-refractivity contribution in [3.8, 4) is 11.5 Å². The van der Waals surface area contributed by atoms with Gasteiger partial charge in [0.1, 0.15) is 12.4 Å². The van der Waals surface area contributed by atoms with E-state index in [1.807, 2.05) is 0 Å². The van der Waals surface area contributed by atoms with Gasteiger partial charge in [-0.05, 0) is 37.1 Å². The minimum atomic E-state index is -1.27. The van der Waals surface area contributed by atoms with Crippen LogP contribution in [0.4, 0.5) is 4.39 Å². The molecule has 2 aromatic carbocycles. The molecule has 1 aliphatic carbocycles. The molecule has 0 radical (unpaired) electrons. The van der Waals surface area contributed by atoms with Crippen LogP contribution < -0.4 is 11.1 Å². The number of halogens is 1. The van der Waals surface area contributed by atoms with E-state index in [-0.39, 0.29) is 11.9 Å². The molecule has 8 nitrogen and oxygen atoms in total. The fraction of sp³-hybridized carbons (Fsp3) is 0.238. The molecular formula is C21H18FN3O5. The van der Waals surface area contributed by atoms with Crippen molar-refractivity contribution in [1.82, 2.24) is 15.1 Å². The van der Waals surface area contributed by atoms with Crippen LogP contribution >= 0.6 is 0 Å². The summed E-state index contributed by atoms with van der Waals surface area (Å²) in [7, 11) is 0. The summed E-state index contributed by atoms with van der Waals surface area (Å²) in [4.78, 5) is 37.0. The van der Waals surface area contributed by atoms with Gasteiger partial charge in [0.25, 0.3) is 5.91 Å². The Balaban J connectivity index is 1.50. The first-order valence-corrected chi connectivity index (χ1v) is 9.38. The average Bonchev–Trinajstić information content (AvgIpc) is 3.49. The zero-order valence-corrected chi connectivity index (χ0v) is 15.8. The van der Waals surface area contributed by atoms with E-state index in [4.69, 9.17) is 9.15 Å². The van der Waals surface area contributed by atoms with E-state index in [1.165, 1.54) is 24.3 Å². The van der Waals surface area contributed by atoms with Crippen molar-refractivity contribution in [2.45, 2.75) is 31.5 Å². The maximum absolute atomic E-state index is 13.2. The molecular weight excluding hydrogens is 393 g/mol. The normalized spacial score (nSPS) is 14.2. The van der Waals surface area contributed by atoms with Crippen LogP contribution in [-0.2, 0) is 20.9 Å². The monoisotopic (exact) mass is 411 g/mol. The Hall–Kier alpha value is -3.75. The van der Waals surface area contributed by atoms with E-state index in [1.54, 1.807) is 30.3 Å². The highest BCUT2D eigenvalue weighted by Crippen LogP contribution is 2.24. The van der Waals surface area contributed by atoms with Gasteiger partial charge in [0.2, 0.25) is 12.0 Å². The van der Waals surface area contributed by atoms with Crippen molar-refractivity contribution in [3.63, 3.8) is 0 Å². The van der Waals surface area contributed by atoms with Crippen molar-refractivity contribution < 1.29 is 23.1 Å². The van der Waals surface area contributed by atoms with Crippen LogP contribution in [0.3, 0.4) is 0 Å². The number of esters is 1. The lowest BCUT2D eigenvalue weighted by atomic mass is 10.1. The fourth-order valence-electron chi connectivity index (χ4n) is 2.81. The number of rotatable bonds is 7. The maximum atomic E-state index is 13.2. The molecule has 0 aliphatic heterocycles. The van der Waals surface area contributed by atoms with Gasteiger partial charge in [-0.1, -0.05) is 30.3 Å². The topological polar surface area (TPSA) is 103 Å². The molecule has 0 bridgehead atoms. The van der Waals surface area contributed by atoms with Crippen molar-refractivity contribution in [3.05, 3.63) is 76.5 Å². The van der Waals surface area contributed by atoms with Gasteiger partial charge in [0, 0.05) is 17.2 Å². The second-order valence-electron chi connectivity index (χ2n) is 6.90.